The molecule has 0 radical (unpaired) electrons. The van der Waals surface area contributed by atoms with E-state index in [0.29, 0.717) is 10.6 Å². The van der Waals surface area contributed by atoms with Crippen LogP contribution < -0.4 is 5.43 Å². The summed E-state index contributed by atoms with van der Waals surface area (Å²) >= 11 is 12.1. The minimum atomic E-state index is -4.61. The predicted molar refractivity (Wildman–Crippen MR) is 128 cm³/mol. The van der Waals surface area contributed by atoms with Gasteiger partial charge < -0.3 is 0 Å². The van der Waals surface area contributed by atoms with Crippen molar-refractivity contribution in [3.8, 4) is 0 Å². The maximum Gasteiger partial charge on any atom is 0.417 e. The van der Waals surface area contributed by atoms with Crippen molar-refractivity contribution in [1.82, 2.24) is 9.73 Å². The van der Waals surface area contributed by atoms with E-state index in [2.05, 4.69) is 10.5 Å². The Morgan fingerprint density at radius 2 is 1.66 bits per heavy atom. The number of carbonyl (C=O) groups is 1. The van der Waals surface area contributed by atoms with Crippen LogP contribution in [0.2, 0.25) is 10.0 Å². The fourth-order valence-corrected chi connectivity index (χ4v) is 4.91. The van der Waals surface area contributed by atoms with Crippen LogP contribution >= 0.6 is 23.2 Å². The summed E-state index contributed by atoms with van der Waals surface area (Å²) in [5.74, 6) is -0.865. The lowest BCUT2D eigenvalue weighted by molar-refractivity contribution is -0.137. The van der Waals surface area contributed by atoms with Crippen molar-refractivity contribution in [2.75, 3.05) is 6.54 Å². The number of nitrogens with one attached hydrogen (secondary N) is 1. The molecule has 0 saturated heterocycles. The molecule has 0 aliphatic heterocycles. The number of sulfonamides is 1. The van der Waals surface area contributed by atoms with Gasteiger partial charge in [-0.1, -0.05) is 65.7 Å². The summed E-state index contributed by atoms with van der Waals surface area (Å²) in [7, 11) is -4.14. The van der Waals surface area contributed by atoms with Crippen LogP contribution in [0.5, 0.6) is 0 Å². The Bertz CT molecular complexity index is 1330. The highest BCUT2D eigenvalue weighted by atomic mass is 35.5. The molecule has 6 nitrogen and oxygen atoms in total. The van der Waals surface area contributed by atoms with E-state index in [1.54, 1.807) is 6.07 Å². The minimum Gasteiger partial charge on any atom is -0.272 e. The lowest BCUT2D eigenvalue weighted by Crippen LogP contribution is -2.39. The maximum absolute atomic E-state index is 13.2. The van der Waals surface area contributed by atoms with Crippen LogP contribution in [0.4, 0.5) is 13.2 Å². The van der Waals surface area contributed by atoms with Crippen LogP contribution in [0.25, 0.3) is 0 Å². The summed E-state index contributed by atoms with van der Waals surface area (Å²) in [6.07, 6.45) is -3.77. The SMILES string of the molecule is O=C(CN(Cc1ccc(Cl)cc1Cl)S(=O)(=O)c1ccccc1)N/N=C\c1ccccc1C(F)(F)F. The molecular weight excluding hydrogens is 526 g/mol. The summed E-state index contributed by atoms with van der Waals surface area (Å²) in [5.41, 5.74) is 1.28. The molecule has 12 heteroatoms. The molecule has 3 rings (SSSR count). The zero-order valence-electron chi connectivity index (χ0n) is 17.8. The van der Waals surface area contributed by atoms with E-state index in [4.69, 9.17) is 23.2 Å². The number of benzene rings is 3. The van der Waals surface area contributed by atoms with Crippen LogP contribution in [0.15, 0.2) is 82.8 Å². The van der Waals surface area contributed by atoms with Gasteiger partial charge >= 0.3 is 6.18 Å². The fourth-order valence-electron chi connectivity index (χ4n) is 3.04. The van der Waals surface area contributed by atoms with Crippen molar-refractivity contribution < 1.29 is 26.4 Å². The van der Waals surface area contributed by atoms with E-state index >= 15 is 0 Å². The number of halogens is 5. The number of hydrazone groups is 1. The maximum atomic E-state index is 13.2. The van der Waals surface area contributed by atoms with Crippen LogP contribution in [-0.2, 0) is 27.5 Å². The second-order valence-electron chi connectivity index (χ2n) is 7.20. The topological polar surface area (TPSA) is 78.8 Å². The molecular formula is C23H18Cl2F3N3O3S. The van der Waals surface area contributed by atoms with Gasteiger partial charge in [0.1, 0.15) is 0 Å². The third-order valence-electron chi connectivity index (χ3n) is 4.72. The number of hydrogen-bond donors (Lipinski definition) is 1. The minimum absolute atomic E-state index is 0.0551. The average Bonchev–Trinajstić information content (AvgIpc) is 2.80. The van der Waals surface area contributed by atoms with Crippen LogP contribution in [-0.4, -0.2) is 31.4 Å². The zero-order chi connectivity index (χ0) is 25.6. The van der Waals surface area contributed by atoms with Crippen molar-refractivity contribution in [2.45, 2.75) is 17.6 Å². The molecule has 0 spiro atoms. The molecule has 0 atom stereocenters. The highest BCUT2D eigenvalue weighted by Gasteiger charge is 2.32. The average molecular weight is 544 g/mol. The quantitative estimate of drug-likeness (QED) is 0.307. The van der Waals surface area contributed by atoms with E-state index in [1.807, 2.05) is 0 Å². The first-order valence-corrected chi connectivity index (χ1v) is 12.2. The number of amides is 1. The molecule has 0 unspecified atom stereocenters. The highest BCUT2D eigenvalue weighted by molar-refractivity contribution is 7.89. The molecule has 3 aromatic rings. The van der Waals surface area contributed by atoms with Crippen molar-refractivity contribution >= 4 is 45.3 Å². The predicted octanol–water partition coefficient (Wildman–Crippen LogP) is 5.35. The Morgan fingerprint density at radius 3 is 2.31 bits per heavy atom. The van der Waals surface area contributed by atoms with Gasteiger partial charge in [0.15, 0.2) is 0 Å². The Hall–Kier alpha value is -2.92. The van der Waals surface area contributed by atoms with E-state index in [0.717, 1.165) is 16.6 Å². The summed E-state index contributed by atoms with van der Waals surface area (Å²) < 4.78 is 66.7. The van der Waals surface area contributed by atoms with Gasteiger partial charge in [0.25, 0.3) is 5.91 Å². The van der Waals surface area contributed by atoms with Crippen molar-refractivity contribution in [3.05, 3.63) is 99.5 Å². The Morgan fingerprint density at radius 1 is 1.00 bits per heavy atom. The van der Waals surface area contributed by atoms with Gasteiger partial charge in [0.2, 0.25) is 10.0 Å². The molecule has 0 aliphatic rings. The smallest absolute Gasteiger partial charge is 0.272 e. The molecule has 0 fully saturated rings. The monoisotopic (exact) mass is 543 g/mol. The number of alkyl halides is 3. The van der Waals surface area contributed by atoms with Gasteiger partial charge in [-0.2, -0.15) is 22.6 Å². The second kappa shape index (κ2) is 11.2. The second-order valence-corrected chi connectivity index (χ2v) is 9.98. The van der Waals surface area contributed by atoms with E-state index < -0.39 is 34.2 Å². The van der Waals surface area contributed by atoms with Gasteiger partial charge in [0, 0.05) is 22.2 Å². The molecule has 35 heavy (non-hydrogen) atoms. The van der Waals surface area contributed by atoms with E-state index in [9.17, 15) is 26.4 Å². The third-order valence-corrected chi connectivity index (χ3v) is 7.11. The highest BCUT2D eigenvalue weighted by Crippen LogP contribution is 2.31. The number of rotatable bonds is 8. The van der Waals surface area contributed by atoms with Crippen molar-refractivity contribution in [3.63, 3.8) is 0 Å². The van der Waals surface area contributed by atoms with Gasteiger partial charge in [0.05, 0.1) is 23.2 Å². The summed E-state index contributed by atoms with van der Waals surface area (Å²) in [4.78, 5) is 12.5. The molecule has 0 aromatic heterocycles. The first-order chi connectivity index (χ1) is 16.5. The van der Waals surface area contributed by atoms with E-state index in [-0.39, 0.29) is 22.0 Å². The Balaban J connectivity index is 1.82. The molecule has 0 saturated carbocycles. The van der Waals surface area contributed by atoms with Gasteiger partial charge in [-0.3, -0.25) is 4.79 Å². The largest absolute Gasteiger partial charge is 0.417 e. The number of carbonyl (C=O) groups excluding carboxylic acids is 1. The molecule has 0 aliphatic carbocycles. The van der Waals surface area contributed by atoms with Crippen molar-refractivity contribution in [1.29, 1.82) is 0 Å². The zero-order valence-corrected chi connectivity index (χ0v) is 20.2. The molecule has 0 heterocycles. The van der Waals surface area contributed by atoms with Crippen LogP contribution in [0, 0.1) is 0 Å². The molecule has 1 N–H and O–H groups in total. The van der Waals surface area contributed by atoms with Gasteiger partial charge in [-0.15, -0.1) is 0 Å². The fraction of sp³-hybridized carbons (Fsp3) is 0.130. The van der Waals surface area contributed by atoms with Gasteiger partial charge in [-0.05, 0) is 35.9 Å². The normalized spacial score (nSPS) is 12.3. The molecule has 3 aromatic carbocycles. The van der Waals surface area contributed by atoms with Crippen LogP contribution in [0.3, 0.4) is 0 Å². The Labute approximate surface area is 210 Å². The lowest BCUT2D eigenvalue weighted by atomic mass is 10.1. The van der Waals surface area contributed by atoms with Gasteiger partial charge in [-0.25, -0.2) is 13.8 Å². The van der Waals surface area contributed by atoms with Crippen LogP contribution in [0.1, 0.15) is 16.7 Å². The van der Waals surface area contributed by atoms with E-state index in [1.165, 1.54) is 60.7 Å². The first-order valence-electron chi connectivity index (χ1n) is 9.96. The summed E-state index contributed by atoms with van der Waals surface area (Å²) in [6.45, 7) is -0.935. The summed E-state index contributed by atoms with van der Waals surface area (Å²) in [6, 6.07) is 16.6. The standard InChI is InChI=1S/C23H18Cl2F3N3O3S/c24-18-11-10-17(21(25)12-18)14-31(35(33,34)19-7-2-1-3-8-19)15-22(32)30-29-13-16-6-4-5-9-20(16)23(26,27)28/h1-13H,14-15H2,(H,30,32)/b29-13-. The first kappa shape index (κ1) is 26.7. The molecule has 0 bridgehead atoms. The van der Waals surface area contributed by atoms with Crippen molar-refractivity contribution in [2.24, 2.45) is 5.10 Å². The Kier molecular flexibility index (Phi) is 8.55. The summed E-state index contributed by atoms with van der Waals surface area (Å²) in [5, 5.41) is 4.12. The molecule has 1 amide bonds. The lowest BCUT2D eigenvalue weighted by Gasteiger charge is -2.22. The third kappa shape index (κ3) is 7.04. The molecule has 184 valence electrons. The number of hydrogen-bond acceptors (Lipinski definition) is 4. The number of nitrogens with zero attached hydrogens (tertiary/aromatic N) is 2.